The molecule has 27 heavy (non-hydrogen) atoms. The minimum atomic E-state index is 0.193. The van der Waals surface area contributed by atoms with E-state index in [1.165, 1.54) is 89.9 Å². The SMILES string of the molecule is CCCCCCCCCC(CCCCCCC)N(CCO)CCNCCO. The molecule has 0 heterocycles. The fraction of sp³-hybridized carbons (Fsp3) is 1.00. The predicted molar refractivity (Wildman–Crippen MR) is 118 cm³/mol. The van der Waals surface area contributed by atoms with E-state index in [-0.39, 0.29) is 13.2 Å². The van der Waals surface area contributed by atoms with Gasteiger partial charge in [-0.15, -0.1) is 0 Å². The molecule has 4 heteroatoms. The molecular weight excluding hydrogens is 336 g/mol. The smallest absolute Gasteiger partial charge is 0.0558 e. The molecule has 1 atom stereocenters. The third kappa shape index (κ3) is 17.7. The number of aliphatic hydroxyl groups is 2. The quantitative estimate of drug-likeness (QED) is 0.235. The van der Waals surface area contributed by atoms with Crippen LogP contribution in [0.2, 0.25) is 0 Å². The van der Waals surface area contributed by atoms with Gasteiger partial charge in [0.05, 0.1) is 13.2 Å². The Balaban J connectivity index is 4.29. The molecule has 0 saturated heterocycles. The van der Waals surface area contributed by atoms with Crippen LogP contribution < -0.4 is 5.32 Å². The van der Waals surface area contributed by atoms with Gasteiger partial charge < -0.3 is 15.5 Å². The third-order valence-corrected chi connectivity index (χ3v) is 5.55. The van der Waals surface area contributed by atoms with Gasteiger partial charge in [-0.3, -0.25) is 4.90 Å². The van der Waals surface area contributed by atoms with Gasteiger partial charge in [0.25, 0.3) is 0 Å². The second-order valence-electron chi connectivity index (χ2n) is 8.00. The summed E-state index contributed by atoms with van der Waals surface area (Å²) in [6.07, 6.45) is 18.7. The summed E-state index contributed by atoms with van der Waals surface area (Å²) < 4.78 is 0. The van der Waals surface area contributed by atoms with Gasteiger partial charge in [0.2, 0.25) is 0 Å². The summed E-state index contributed by atoms with van der Waals surface area (Å²) in [7, 11) is 0. The van der Waals surface area contributed by atoms with Crippen molar-refractivity contribution in [2.75, 3.05) is 39.4 Å². The Morgan fingerprint density at radius 3 is 1.63 bits per heavy atom. The highest BCUT2D eigenvalue weighted by Gasteiger charge is 2.17. The molecule has 0 fully saturated rings. The summed E-state index contributed by atoms with van der Waals surface area (Å²) in [6.45, 7) is 8.27. The summed E-state index contributed by atoms with van der Waals surface area (Å²) >= 11 is 0. The van der Waals surface area contributed by atoms with Crippen molar-refractivity contribution in [1.82, 2.24) is 10.2 Å². The van der Waals surface area contributed by atoms with Crippen molar-refractivity contribution in [1.29, 1.82) is 0 Å². The number of hydrogen-bond donors (Lipinski definition) is 3. The van der Waals surface area contributed by atoms with E-state index in [1.807, 2.05) is 0 Å². The van der Waals surface area contributed by atoms with Gasteiger partial charge >= 0.3 is 0 Å². The first-order valence-electron chi connectivity index (χ1n) is 12.0. The van der Waals surface area contributed by atoms with Crippen molar-refractivity contribution in [3.8, 4) is 0 Å². The average molecular weight is 387 g/mol. The maximum Gasteiger partial charge on any atom is 0.0558 e. The summed E-state index contributed by atoms with van der Waals surface area (Å²) in [5.74, 6) is 0. The average Bonchev–Trinajstić information content (AvgIpc) is 2.68. The zero-order valence-corrected chi connectivity index (χ0v) is 18.6. The van der Waals surface area contributed by atoms with Gasteiger partial charge in [0.1, 0.15) is 0 Å². The molecule has 0 aliphatic heterocycles. The van der Waals surface area contributed by atoms with Gasteiger partial charge in [0, 0.05) is 32.2 Å². The standard InChI is InChI=1S/C23H50N2O2/c1-3-5-7-9-10-12-14-16-23(15-13-11-8-6-4-2)25(20-22-27)19-17-24-18-21-26/h23-24,26-27H,3-22H2,1-2H3. The molecule has 0 radical (unpaired) electrons. The summed E-state index contributed by atoms with van der Waals surface area (Å²) in [6, 6.07) is 0.602. The van der Waals surface area contributed by atoms with Crippen LogP contribution in [0, 0.1) is 0 Å². The van der Waals surface area contributed by atoms with E-state index in [2.05, 4.69) is 24.1 Å². The fourth-order valence-electron chi connectivity index (χ4n) is 3.86. The van der Waals surface area contributed by atoms with Crippen LogP contribution >= 0.6 is 0 Å². The van der Waals surface area contributed by atoms with Crippen LogP contribution in [0.4, 0.5) is 0 Å². The van der Waals surface area contributed by atoms with E-state index in [4.69, 9.17) is 5.11 Å². The largest absolute Gasteiger partial charge is 0.395 e. The van der Waals surface area contributed by atoms with Crippen molar-refractivity contribution < 1.29 is 10.2 Å². The van der Waals surface area contributed by atoms with Crippen molar-refractivity contribution in [2.45, 2.75) is 110 Å². The predicted octanol–water partition coefficient (Wildman–Crippen LogP) is 4.73. The minimum Gasteiger partial charge on any atom is -0.395 e. The minimum absolute atomic E-state index is 0.193. The molecule has 0 aliphatic carbocycles. The molecule has 0 aliphatic rings. The lowest BCUT2D eigenvalue weighted by atomic mass is 9.98. The van der Waals surface area contributed by atoms with Crippen LogP contribution in [0.25, 0.3) is 0 Å². The lowest BCUT2D eigenvalue weighted by Crippen LogP contribution is -2.42. The van der Waals surface area contributed by atoms with Gasteiger partial charge in [-0.05, 0) is 12.8 Å². The molecule has 1 unspecified atom stereocenters. The van der Waals surface area contributed by atoms with E-state index in [0.717, 1.165) is 19.6 Å². The van der Waals surface area contributed by atoms with Crippen LogP contribution in [0.3, 0.4) is 0 Å². The fourth-order valence-corrected chi connectivity index (χ4v) is 3.86. The van der Waals surface area contributed by atoms with E-state index < -0.39 is 0 Å². The van der Waals surface area contributed by atoms with Crippen LogP contribution in [-0.2, 0) is 0 Å². The monoisotopic (exact) mass is 386 g/mol. The normalized spacial score (nSPS) is 12.8. The highest BCUT2D eigenvalue weighted by atomic mass is 16.3. The van der Waals surface area contributed by atoms with Gasteiger partial charge in [-0.1, -0.05) is 90.9 Å². The van der Waals surface area contributed by atoms with E-state index in [0.29, 0.717) is 12.6 Å². The van der Waals surface area contributed by atoms with E-state index in [9.17, 15) is 5.11 Å². The molecule has 164 valence electrons. The molecule has 0 aromatic rings. The lowest BCUT2D eigenvalue weighted by molar-refractivity contribution is 0.133. The molecular formula is C23H50N2O2. The van der Waals surface area contributed by atoms with Gasteiger partial charge in [-0.2, -0.15) is 0 Å². The number of nitrogens with one attached hydrogen (secondary N) is 1. The van der Waals surface area contributed by atoms with Crippen LogP contribution in [0.5, 0.6) is 0 Å². The Bertz CT molecular complexity index is 277. The molecule has 0 saturated carbocycles. The Labute approximate surface area is 170 Å². The molecule has 0 aromatic heterocycles. The van der Waals surface area contributed by atoms with Crippen molar-refractivity contribution in [3.63, 3.8) is 0 Å². The highest BCUT2D eigenvalue weighted by molar-refractivity contribution is 4.73. The molecule has 3 N–H and O–H groups in total. The van der Waals surface area contributed by atoms with Gasteiger partial charge in [-0.25, -0.2) is 0 Å². The number of hydrogen-bond acceptors (Lipinski definition) is 4. The summed E-state index contributed by atoms with van der Waals surface area (Å²) in [5.41, 5.74) is 0. The van der Waals surface area contributed by atoms with Gasteiger partial charge in [0.15, 0.2) is 0 Å². The topological polar surface area (TPSA) is 55.7 Å². The Hall–Kier alpha value is -0.160. The van der Waals surface area contributed by atoms with Crippen molar-refractivity contribution in [3.05, 3.63) is 0 Å². The second kappa shape index (κ2) is 22.1. The molecule has 0 bridgehead atoms. The summed E-state index contributed by atoms with van der Waals surface area (Å²) in [5, 5.41) is 21.7. The summed E-state index contributed by atoms with van der Waals surface area (Å²) in [4.78, 5) is 2.49. The van der Waals surface area contributed by atoms with Crippen molar-refractivity contribution >= 4 is 0 Å². The molecule has 0 amide bonds. The number of aliphatic hydroxyl groups excluding tert-OH is 2. The maximum atomic E-state index is 9.52. The Morgan fingerprint density at radius 1 is 0.630 bits per heavy atom. The third-order valence-electron chi connectivity index (χ3n) is 5.55. The van der Waals surface area contributed by atoms with Crippen LogP contribution in [-0.4, -0.2) is 60.5 Å². The number of unbranched alkanes of at least 4 members (excludes halogenated alkanes) is 10. The second-order valence-corrected chi connectivity index (χ2v) is 8.00. The molecule has 0 rings (SSSR count). The zero-order valence-electron chi connectivity index (χ0n) is 18.6. The molecule has 4 nitrogen and oxygen atoms in total. The number of nitrogens with zero attached hydrogens (tertiary/aromatic N) is 1. The maximum absolute atomic E-state index is 9.52. The Morgan fingerprint density at radius 2 is 1.15 bits per heavy atom. The van der Waals surface area contributed by atoms with E-state index in [1.54, 1.807) is 0 Å². The van der Waals surface area contributed by atoms with E-state index >= 15 is 0 Å². The lowest BCUT2D eigenvalue weighted by Gasteiger charge is -2.32. The first kappa shape index (κ1) is 26.8. The highest BCUT2D eigenvalue weighted by Crippen LogP contribution is 2.18. The zero-order chi connectivity index (χ0) is 20.0. The first-order valence-corrected chi connectivity index (χ1v) is 12.0. The molecule has 0 aromatic carbocycles. The Kier molecular flexibility index (Phi) is 22.0. The van der Waals surface area contributed by atoms with Crippen molar-refractivity contribution in [2.24, 2.45) is 0 Å². The van der Waals surface area contributed by atoms with Crippen LogP contribution in [0.1, 0.15) is 104 Å². The molecule has 0 spiro atoms. The first-order chi connectivity index (χ1) is 13.3. The number of rotatable bonds is 22. The van der Waals surface area contributed by atoms with Crippen LogP contribution in [0.15, 0.2) is 0 Å².